The van der Waals surface area contributed by atoms with Gasteiger partial charge in [0.15, 0.2) is 0 Å². The molecule has 0 aliphatic heterocycles. The summed E-state index contributed by atoms with van der Waals surface area (Å²) in [6.45, 7) is 1.64. The molecule has 0 spiro atoms. The molecule has 5 heavy (non-hydrogen) atoms. The predicted octanol–water partition coefficient (Wildman–Crippen LogP) is 0.317. The first-order valence-corrected chi connectivity index (χ1v) is 1.42. The van der Waals surface area contributed by atoms with Gasteiger partial charge in [-0.2, -0.15) is 0 Å². The molecule has 0 bridgehead atoms. The molecule has 0 saturated heterocycles. The number of amidine groups is 1. The fourth-order valence-corrected chi connectivity index (χ4v) is 0. The van der Waals surface area contributed by atoms with Crippen LogP contribution < -0.4 is 5.73 Å². The molecule has 0 fully saturated rings. The Morgan fingerprint density at radius 1 is 1.80 bits per heavy atom. The number of rotatable bonds is 0. The van der Waals surface area contributed by atoms with Crippen LogP contribution in [0, 0.1) is 0 Å². The number of aliphatic imine (C=N–C) groups is 1. The van der Waals surface area contributed by atoms with Crippen LogP contribution in [0.25, 0.3) is 0 Å². The highest BCUT2D eigenvalue weighted by molar-refractivity contribution is 5.76. The molecular formula is C3H7N2. The Bertz CT molecular complexity index is 42.9. The summed E-state index contributed by atoms with van der Waals surface area (Å²) < 4.78 is 0. The summed E-state index contributed by atoms with van der Waals surface area (Å²) in [6.07, 6.45) is 0. The molecular weight excluding hydrogens is 64.0 g/mol. The number of hydrogen-bond donors (Lipinski definition) is 0. The van der Waals surface area contributed by atoms with Gasteiger partial charge in [-0.3, -0.25) is 10.7 Å². The van der Waals surface area contributed by atoms with Crippen molar-refractivity contribution in [3.8, 4) is 0 Å². The van der Waals surface area contributed by atoms with E-state index in [9.17, 15) is 0 Å². The summed E-state index contributed by atoms with van der Waals surface area (Å²) in [5.74, 6) is 0.380. The maximum Gasteiger partial charge on any atom is 0.111 e. The first kappa shape index (κ1) is 4.47. The minimum absolute atomic E-state index is 0.380. The Hall–Kier alpha value is -0.530. The van der Waals surface area contributed by atoms with Crippen LogP contribution in [-0.2, 0) is 0 Å². The molecule has 0 aromatic rings. The molecule has 0 amide bonds. The van der Waals surface area contributed by atoms with Gasteiger partial charge in [0.2, 0.25) is 0 Å². The van der Waals surface area contributed by atoms with Crippen molar-refractivity contribution < 1.29 is 0 Å². The van der Waals surface area contributed by atoms with Crippen molar-refractivity contribution in [2.45, 2.75) is 6.92 Å². The van der Waals surface area contributed by atoms with E-state index in [0.717, 1.165) is 0 Å². The van der Waals surface area contributed by atoms with Crippen molar-refractivity contribution >= 4 is 5.84 Å². The fraction of sp³-hybridized carbons (Fsp3) is 0.667. The van der Waals surface area contributed by atoms with E-state index >= 15 is 0 Å². The lowest BCUT2D eigenvalue weighted by Crippen LogP contribution is -1.85. The fourth-order valence-electron chi connectivity index (χ4n) is 0. The van der Waals surface area contributed by atoms with Gasteiger partial charge < -0.3 is 0 Å². The van der Waals surface area contributed by atoms with Gasteiger partial charge in [0.25, 0.3) is 0 Å². The normalized spacial score (nSPS) is 12.0. The molecule has 0 aromatic heterocycles. The predicted molar refractivity (Wildman–Crippen MR) is 22.1 cm³/mol. The standard InChI is InChI=1S/C3H7N2/c1-3(4)5-2/h4H,1-2H3. The molecule has 29 valence electrons. The zero-order chi connectivity index (χ0) is 4.28. The van der Waals surface area contributed by atoms with Crippen LogP contribution >= 0.6 is 0 Å². The molecule has 0 rings (SSSR count). The third kappa shape index (κ3) is 3.47. The van der Waals surface area contributed by atoms with E-state index in [1.54, 1.807) is 14.0 Å². The number of hydrogen-bond acceptors (Lipinski definition) is 1. The highest BCUT2D eigenvalue weighted by atomic mass is 14.8. The van der Waals surface area contributed by atoms with Crippen molar-refractivity contribution in [2.24, 2.45) is 4.99 Å². The quantitative estimate of drug-likeness (QED) is 0.291. The zero-order valence-electron chi connectivity index (χ0n) is 3.45. The summed E-state index contributed by atoms with van der Waals surface area (Å²) in [4.78, 5) is 3.47. The smallest absolute Gasteiger partial charge is 0.111 e. The molecule has 0 saturated carbocycles. The van der Waals surface area contributed by atoms with Crippen molar-refractivity contribution in [1.29, 1.82) is 0 Å². The molecule has 1 N–H and O–H groups in total. The summed E-state index contributed by atoms with van der Waals surface area (Å²) in [5.41, 5.74) is 6.58. The second kappa shape index (κ2) is 1.76. The van der Waals surface area contributed by atoms with Crippen LogP contribution in [-0.4, -0.2) is 12.9 Å². The van der Waals surface area contributed by atoms with E-state index in [-0.39, 0.29) is 0 Å². The summed E-state index contributed by atoms with van der Waals surface area (Å²) in [7, 11) is 1.60. The lowest BCUT2D eigenvalue weighted by molar-refractivity contribution is 1.37. The SMILES string of the molecule is CN=C(C)[NH]. The van der Waals surface area contributed by atoms with Gasteiger partial charge in [0.1, 0.15) is 5.84 Å². The van der Waals surface area contributed by atoms with Gasteiger partial charge in [0, 0.05) is 7.05 Å². The van der Waals surface area contributed by atoms with E-state index in [1.807, 2.05) is 0 Å². The minimum Gasteiger partial charge on any atom is -0.287 e. The van der Waals surface area contributed by atoms with E-state index < -0.39 is 0 Å². The molecule has 0 unspecified atom stereocenters. The molecule has 1 radical (unpaired) electrons. The van der Waals surface area contributed by atoms with E-state index in [1.165, 1.54) is 0 Å². The first-order chi connectivity index (χ1) is 2.27. The minimum atomic E-state index is 0.380. The summed E-state index contributed by atoms with van der Waals surface area (Å²) >= 11 is 0. The highest BCUT2D eigenvalue weighted by Gasteiger charge is 1.63. The van der Waals surface area contributed by atoms with Crippen molar-refractivity contribution in [3.05, 3.63) is 0 Å². The van der Waals surface area contributed by atoms with Crippen LogP contribution in [0.1, 0.15) is 6.92 Å². The lowest BCUT2D eigenvalue weighted by Gasteiger charge is -1.73. The Balaban J connectivity index is 3.14. The van der Waals surface area contributed by atoms with Crippen LogP contribution in [0.15, 0.2) is 4.99 Å². The van der Waals surface area contributed by atoms with Crippen LogP contribution in [0.2, 0.25) is 0 Å². The van der Waals surface area contributed by atoms with Crippen LogP contribution in [0.3, 0.4) is 0 Å². The Kier molecular flexibility index (Phi) is 1.57. The van der Waals surface area contributed by atoms with Crippen LogP contribution in [0.4, 0.5) is 0 Å². The summed E-state index contributed by atoms with van der Waals surface area (Å²) in [5, 5.41) is 0. The Morgan fingerprint density at radius 2 is 2.00 bits per heavy atom. The summed E-state index contributed by atoms with van der Waals surface area (Å²) in [6, 6.07) is 0. The van der Waals surface area contributed by atoms with Gasteiger partial charge in [-0.05, 0) is 6.92 Å². The molecule has 0 aliphatic carbocycles. The molecule has 0 heterocycles. The zero-order valence-corrected chi connectivity index (χ0v) is 3.45. The molecule has 0 aliphatic rings. The molecule has 2 heteroatoms. The van der Waals surface area contributed by atoms with Crippen molar-refractivity contribution in [2.75, 3.05) is 7.05 Å². The van der Waals surface area contributed by atoms with Gasteiger partial charge in [0.05, 0.1) is 0 Å². The maximum absolute atomic E-state index is 6.58. The molecule has 0 atom stereocenters. The number of nitrogens with zero attached hydrogens (tertiary/aromatic N) is 1. The molecule has 0 aromatic carbocycles. The maximum atomic E-state index is 6.58. The first-order valence-electron chi connectivity index (χ1n) is 1.42. The third-order valence-corrected chi connectivity index (χ3v) is 0.335. The van der Waals surface area contributed by atoms with Gasteiger partial charge >= 0.3 is 0 Å². The van der Waals surface area contributed by atoms with Gasteiger partial charge in [-0.15, -0.1) is 0 Å². The highest BCUT2D eigenvalue weighted by Crippen LogP contribution is 1.55. The third-order valence-electron chi connectivity index (χ3n) is 0.335. The Morgan fingerprint density at radius 3 is 2.00 bits per heavy atom. The average molecular weight is 71.1 g/mol. The van der Waals surface area contributed by atoms with Crippen molar-refractivity contribution in [1.82, 2.24) is 5.73 Å². The molecule has 2 nitrogen and oxygen atoms in total. The number of nitrogens with one attached hydrogen (secondary N) is 1. The van der Waals surface area contributed by atoms with E-state index in [4.69, 9.17) is 5.73 Å². The van der Waals surface area contributed by atoms with E-state index in [2.05, 4.69) is 4.99 Å². The Labute approximate surface area is 31.7 Å². The second-order valence-corrected chi connectivity index (χ2v) is 0.809. The second-order valence-electron chi connectivity index (χ2n) is 0.809. The van der Waals surface area contributed by atoms with E-state index in [0.29, 0.717) is 5.84 Å². The van der Waals surface area contributed by atoms with Crippen LogP contribution in [0.5, 0.6) is 0 Å². The topological polar surface area (TPSA) is 36.2 Å². The largest absolute Gasteiger partial charge is 0.287 e. The monoisotopic (exact) mass is 71.1 g/mol. The van der Waals surface area contributed by atoms with Gasteiger partial charge in [-0.25, -0.2) is 0 Å². The van der Waals surface area contributed by atoms with Crippen molar-refractivity contribution in [3.63, 3.8) is 0 Å². The van der Waals surface area contributed by atoms with Gasteiger partial charge in [-0.1, -0.05) is 0 Å². The lowest BCUT2D eigenvalue weighted by atomic mass is 10.7. The average Bonchev–Trinajstić information content (AvgIpc) is 1.38.